The minimum absolute atomic E-state index is 0.317. The van der Waals surface area contributed by atoms with E-state index in [1.807, 2.05) is 18.2 Å². The van der Waals surface area contributed by atoms with Crippen molar-refractivity contribution >= 4 is 11.6 Å². The molecule has 0 radical (unpaired) electrons. The maximum atomic E-state index is 6.09. The summed E-state index contributed by atoms with van der Waals surface area (Å²) in [5.41, 5.74) is 1.52. The molecule has 0 atom stereocenters. The summed E-state index contributed by atoms with van der Waals surface area (Å²) < 4.78 is 5.42. The zero-order valence-electron chi connectivity index (χ0n) is 14.1. The zero-order valence-corrected chi connectivity index (χ0v) is 14.9. The SMILES string of the molecule is COc1ccc(Cl)cc1CCC(C)(C)CCNCC(C)C. The molecule has 0 aliphatic carbocycles. The number of aryl methyl sites for hydroxylation is 1. The molecule has 0 spiro atoms. The van der Waals surface area contributed by atoms with Crippen molar-refractivity contribution in [3.05, 3.63) is 28.8 Å². The van der Waals surface area contributed by atoms with Gasteiger partial charge in [0.25, 0.3) is 0 Å². The first-order valence-corrected chi connectivity index (χ1v) is 8.25. The van der Waals surface area contributed by atoms with Gasteiger partial charge < -0.3 is 10.1 Å². The Hall–Kier alpha value is -0.730. The van der Waals surface area contributed by atoms with Gasteiger partial charge in [0.2, 0.25) is 0 Å². The van der Waals surface area contributed by atoms with Crippen molar-refractivity contribution in [3.8, 4) is 5.75 Å². The van der Waals surface area contributed by atoms with Crippen molar-refractivity contribution in [2.24, 2.45) is 11.3 Å². The number of ether oxygens (including phenoxy) is 1. The Labute approximate surface area is 135 Å². The molecule has 0 aliphatic rings. The number of hydrogen-bond donors (Lipinski definition) is 1. The second kappa shape index (κ2) is 8.65. The van der Waals surface area contributed by atoms with Gasteiger partial charge in [0.05, 0.1) is 7.11 Å². The number of nitrogens with one attached hydrogen (secondary N) is 1. The molecular formula is C18H30ClNO. The lowest BCUT2D eigenvalue weighted by Crippen LogP contribution is -2.25. The van der Waals surface area contributed by atoms with Crippen LogP contribution in [0.2, 0.25) is 5.02 Å². The van der Waals surface area contributed by atoms with Gasteiger partial charge in [-0.3, -0.25) is 0 Å². The molecule has 120 valence electrons. The van der Waals surface area contributed by atoms with Gasteiger partial charge >= 0.3 is 0 Å². The Bertz CT molecular complexity index is 429. The van der Waals surface area contributed by atoms with Crippen LogP contribution in [0.1, 0.15) is 46.1 Å². The fraction of sp³-hybridized carbons (Fsp3) is 0.667. The summed E-state index contributed by atoms with van der Waals surface area (Å²) in [4.78, 5) is 0. The third-order valence-electron chi connectivity index (χ3n) is 3.84. The summed E-state index contributed by atoms with van der Waals surface area (Å²) in [6.07, 6.45) is 3.32. The van der Waals surface area contributed by atoms with E-state index in [0.29, 0.717) is 11.3 Å². The number of methoxy groups -OCH3 is 1. The lowest BCUT2D eigenvalue weighted by Gasteiger charge is -2.25. The molecule has 1 N–H and O–H groups in total. The number of rotatable bonds is 9. The maximum Gasteiger partial charge on any atom is 0.122 e. The molecule has 3 heteroatoms. The average Bonchev–Trinajstić information content (AvgIpc) is 2.41. The quantitative estimate of drug-likeness (QED) is 0.652. The summed E-state index contributed by atoms with van der Waals surface area (Å²) in [5, 5.41) is 4.30. The molecule has 0 heterocycles. The lowest BCUT2D eigenvalue weighted by atomic mass is 9.83. The van der Waals surface area contributed by atoms with Gasteiger partial charge in [0.1, 0.15) is 5.75 Å². The molecule has 0 aliphatic heterocycles. The predicted molar refractivity (Wildman–Crippen MR) is 92.4 cm³/mol. The fourth-order valence-corrected chi connectivity index (χ4v) is 2.55. The molecule has 0 amide bonds. The number of benzene rings is 1. The van der Waals surface area contributed by atoms with Crippen LogP contribution in [0, 0.1) is 11.3 Å². The highest BCUT2D eigenvalue weighted by Gasteiger charge is 2.18. The topological polar surface area (TPSA) is 21.3 Å². The molecule has 1 rings (SSSR count). The first kappa shape index (κ1) is 18.3. The molecule has 21 heavy (non-hydrogen) atoms. The van der Waals surface area contributed by atoms with Gasteiger partial charge in [-0.2, -0.15) is 0 Å². The molecule has 2 nitrogen and oxygen atoms in total. The summed E-state index contributed by atoms with van der Waals surface area (Å²) in [6.45, 7) is 11.3. The first-order chi connectivity index (χ1) is 9.84. The van der Waals surface area contributed by atoms with Crippen LogP contribution >= 0.6 is 11.6 Å². The minimum Gasteiger partial charge on any atom is -0.496 e. The molecule has 1 aromatic rings. The second-order valence-corrected chi connectivity index (χ2v) is 7.40. The summed E-state index contributed by atoms with van der Waals surface area (Å²) in [5.74, 6) is 1.65. The third kappa shape index (κ3) is 7.19. The van der Waals surface area contributed by atoms with Gasteiger partial charge in [-0.1, -0.05) is 39.3 Å². The van der Waals surface area contributed by atoms with E-state index in [2.05, 4.69) is 33.0 Å². The third-order valence-corrected chi connectivity index (χ3v) is 4.08. The monoisotopic (exact) mass is 311 g/mol. The van der Waals surface area contributed by atoms with Crippen LogP contribution in [-0.4, -0.2) is 20.2 Å². The Morgan fingerprint density at radius 1 is 1.24 bits per heavy atom. The van der Waals surface area contributed by atoms with Crippen LogP contribution in [0.4, 0.5) is 0 Å². The van der Waals surface area contributed by atoms with Crippen LogP contribution in [0.25, 0.3) is 0 Å². The average molecular weight is 312 g/mol. The van der Waals surface area contributed by atoms with Crippen molar-refractivity contribution in [1.82, 2.24) is 5.32 Å². The normalized spacial score (nSPS) is 12.0. The van der Waals surface area contributed by atoms with Gasteiger partial charge in [0.15, 0.2) is 0 Å². The van der Waals surface area contributed by atoms with Gasteiger partial charge in [-0.05, 0) is 67.4 Å². The van der Waals surface area contributed by atoms with Crippen molar-refractivity contribution in [1.29, 1.82) is 0 Å². The lowest BCUT2D eigenvalue weighted by molar-refractivity contribution is 0.298. The molecule has 0 saturated heterocycles. The summed E-state index contributed by atoms with van der Waals surface area (Å²) >= 11 is 6.09. The van der Waals surface area contributed by atoms with E-state index >= 15 is 0 Å². The smallest absolute Gasteiger partial charge is 0.122 e. The Morgan fingerprint density at radius 2 is 1.95 bits per heavy atom. The highest BCUT2D eigenvalue weighted by molar-refractivity contribution is 6.30. The molecular weight excluding hydrogens is 282 g/mol. The Balaban J connectivity index is 2.47. The number of hydrogen-bond acceptors (Lipinski definition) is 2. The standard InChI is InChI=1S/C18H30ClNO/c1-14(2)13-20-11-10-18(3,4)9-8-15-12-16(19)6-7-17(15)21-5/h6-7,12,14,20H,8-11,13H2,1-5H3. The van der Waals surface area contributed by atoms with E-state index in [-0.39, 0.29) is 0 Å². The van der Waals surface area contributed by atoms with E-state index in [1.54, 1.807) is 7.11 Å². The second-order valence-electron chi connectivity index (χ2n) is 6.97. The predicted octanol–water partition coefficient (Wildman–Crippen LogP) is 4.94. The zero-order chi connectivity index (χ0) is 15.9. The van der Waals surface area contributed by atoms with Crippen LogP contribution in [-0.2, 0) is 6.42 Å². The maximum absolute atomic E-state index is 6.09. The van der Waals surface area contributed by atoms with Crippen LogP contribution in [0.3, 0.4) is 0 Å². The van der Waals surface area contributed by atoms with Crippen molar-refractivity contribution in [2.75, 3.05) is 20.2 Å². The molecule has 0 saturated carbocycles. The van der Waals surface area contributed by atoms with Crippen molar-refractivity contribution < 1.29 is 4.74 Å². The van der Waals surface area contributed by atoms with E-state index in [4.69, 9.17) is 16.3 Å². The van der Waals surface area contributed by atoms with Crippen molar-refractivity contribution in [2.45, 2.75) is 47.0 Å². The molecule has 1 aromatic carbocycles. The summed E-state index contributed by atoms with van der Waals surface area (Å²) in [6, 6.07) is 5.85. The van der Waals surface area contributed by atoms with Crippen LogP contribution < -0.4 is 10.1 Å². The largest absolute Gasteiger partial charge is 0.496 e. The molecule has 0 fully saturated rings. The van der Waals surface area contributed by atoms with E-state index in [1.165, 1.54) is 12.0 Å². The fourth-order valence-electron chi connectivity index (χ4n) is 2.36. The number of halogens is 1. The van der Waals surface area contributed by atoms with Gasteiger partial charge in [-0.15, -0.1) is 0 Å². The Kier molecular flexibility index (Phi) is 7.55. The van der Waals surface area contributed by atoms with Gasteiger partial charge in [0, 0.05) is 5.02 Å². The first-order valence-electron chi connectivity index (χ1n) is 7.87. The van der Waals surface area contributed by atoms with E-state index in [0.717, 1.165) is 36.7 Å². The van der Waals surface area contributed by atoms with Crippen LogP contribution in [0.5, 0.6) is 5.75 Å². The van der Waals surface area contributed by atoms with E-state index in [9.17, 15) is 0 Å². The Morgan fingerprint density at radius 3 is 2.57 bits per heavy atom. The molecule has 0 unspecified atom stereocenters. The van der Waals surface area contributed by atoms with Crippen molar-refractivity contribution in [3.63, 3.8) is 0 Å². The summed E-state index contributed by atoms with van der Waals surface area (Å²) in [7, 11) is 1.72. The van der Waals surface area contributed by atoms with Gasteiger partial charge in [-0.25, -0.2) is 0 Å². The van der Waals surface area contributed by atoms with E-state index < -0.39 is 0 Å². The molecule has 0 aromatic heterocycles. The highest BCUT2D eigenvalue weighted by atomic mass is 35.5. The molecule has 0 bridgehead atoms. The minimum atomic E-state index is 0.317. The highest BCUT2D eigenvalue weighted by Crippen LogP contribution is 2.30. The van der Waals surface area contributed by atoms with Crippen LogP contribution in [0.15, 0.2) is 18.2 Å².